The number of nitrogens with one attached hydrogen (secondary N) is 1. The van der Waals surface area contributed by atoms with Crippen molar-refractivity contribution in [1.82, 2.24) is 0 Å². The summed E-state index contributed by atoms with van der Waals surface area (Å²) >= 11 is 6.08. The van der Waals surface area contributed by atoms with E-state index < -0.39 is 0 Å². The fourth-order valence-electron chi connectivity index (χ4n) is 2.16. The number of nitrogens with two attached hydrogens (primary N) is 1. The molecule has 0 fully saturated rings. The second kappa shape index (κ2) is 6.64. The van der Waals surface area contributed by atoms with Crippen LogP contribution in [0.3, 0.4) is 0 Å². The monoisotopic (exact) mass is 302 g/mol. The maximum Gasteiger partial charge on any atom is 0.225 e. The number of carbonyl (C=O) groups excluding carboxylic acids is 1. The van der Waals surface area contributed by atoms with Crippen LogP contribution in [0.2, 0.25) is 5.02 Å². The maximum absolute atomic E-state index is 12.1. The summed E-state index contributed by atoms with van der Waals surface area (Å²) in [6, 6.07) is 13.2. The van der Waals surface area contributed by atoms with Gasteiger partial charge in [0.05, 0.1) is 10.7 Å². The molecule has 3 N–H and O–H groups in total. The first-order valence-electron chi connectivity index (χ1n) is 6.87. The fraction of sp³-hybridized carbons (Fsp3) is 0.235. The van der Waals surface area contributed by atoms with Gasteiger partial charge in [0.1, 0.15) is 0 Å². The molecular formula is C17H19ClN2O. The number of nitrogen functional groups attached to an aromatic ring is 1. The van der Waals surface area contributed by atoms with Crippen LogP contribution in [0, 0.1) is 6.92 Å². The van der Waals surface area contributed by atoms with Crippen molar-refractivity contribution in [1.29, 1.82) is 0 Å². The van der Waals surface area contributed by atoms with E-state index in [0.29, 0.717) is 17.1 Å². The van der Waals surface area contributed by atoms with Crippen LogP contribution in [0.15, 0.2) is 42.5 Å². The van der Waals surface area contributed by atoms with E-state index in [-0.39, 0.29) is 11.8 Å². The maximum atomic E-state index is 12.1. The molecule has 0 spiro atoms. The minimum absolute atomic E-state index is 0.0492. The Kier molecular flexibility index (Phi) is 4.86. The Hall–Kier alpha value is -2.00. The number of benzene rings is 2. The number of amides is 1. The van der Waals surface area contributed by atoms with Gasteiger partial charge in [-0.05, 0) is 48.2 Å². The Bertz CT molecular complexity index is 638. The molecule has 0 heterocycles. The zero-order valence-corrected chi connectivity index (χ0v) is 12.9. The number of hydrogen-bond acceptors (Lipinski definition) is 2. The molecule has 0 saturated carbocycles. The topological polar surface area (TPSA) is 55.1 Å². The van der Waals surface area contributed by atoms with E-state index >= 15 is 0 Å². The van der Waals surface area contributed by atoms with Crippen molar-refractivity contribution in [2.75, 3.05) is 11.1 Å². The van der Waals surface area contributed by atoms with Gasteiger partial charge in [-0.1, -0.05) is 36.7 Å². The van der Waals surface area contributed by atoms with E-state index in [2.05, 4.69) is 5.32 Å². The Labute approximate surface area is 130 Å². The molecule has 0 radical (unpaired) electrons. The second-order valence-corrected chi connectivity index (χ2v) is 5.71. The van der Waals surface area contributed by atoms with Gasteiger partial charge < -0.3 is 11.1 Å². The molecule has 110 valence electrons. The van der Waals surface area contributed by atoms with Crippen molar-refractivity contribution >= 4 is 28.9 Å². The van der Waals surface area contributed by atoms with E-state index in [1.165, 1.54) is 0 Å². The Balaban J connectivity index is 2.01. The normalized spacial score (nSPS) is 12.0. The van der Waals surface area contributed by atoms with Crippen molar-refractivity contribution in [3.8, 4) is 0 Å². The van der Waals surface area contributed by atoms with Crippen molar-refractivity contribution in [3.63, 3.8) is 0 Å². The molecule has 4 heteroatoms. The highest BCUT2D eigenvalue weighted by molar-refractivity contribution is 6.33. The molecule has 0 aliphatic rings. The molecule has 1 amide bonds. The standard InChI is InChI=1S/C17H19ClN2O/c1-11-3-8-15(18)16(9-11)20-17(21)10-12(2)13-4-6-14(19)7-5-13/h3-9,12H,10,19H2,1-2H3,(H,20,21). The molecule has 0 aliphatic heterocycles. The zero-order chi connectivity index (χ0) is 15.4. The van der Waals surface area contributed by atoms with Crippen LogP contribution in [0.1, 0.15) is 30.4 Å². The third kappa shape index (κ3) is 4.23. The van der Waals surface area contributed by atoms with Crippen LogP contribution in [-0.2, 0) is 4.79 Å². The number of carbonyl (C=O) groups is 1. The molecule has 2 aromatic carbocycles. The lowest BCUT2D eigenvalue weighted by Gasteiger charge is -2.13. The smallest absolute Gasteiger partial charge is 0.225 e. The first-order valence-corrected chi connectivity index (χ1v) is 7.25. The average molecular weight is 303 g/mol. The first kappa shape index (κ1) is 15.4. The van der Waals surface area contributed by atoms with Gasteiger partial charge in [0.15, 0.2) is 0 Å². The van der Waals surface area contributed by atoms with Crippen molar-refractivity contribution in [2.24, 2.45) is 0 Å². The second-order valence-electron chi connectivity index (χ2n) is 5.30. The summed E-state index contributed by atoms with van der Waals surface area (Å²) in [4.78, 5) is 12.1. The van der Waals surface area contributed by atoms with Gasteiger partial charge in [-0.25, -0.2) is 0 Å². The van der Waals surface area contributed by atoms with Crippen LogP contribution in [-0.4, -0.2) is 5.91 Å². The summed E-state index contributed by atoms with van der Waals surface area (Å²) in [5.74, 6) is 0.0704. The SMILES string of the molecule is Cc1ccc(Cl)c(NC(=O)CC(C)c2ccc(N)cc2)c1. The third-order valence-corrected chi connectivity index (χ3v) is 3.72. The van der Waals surface area contributed by atoms with Crippen LogP contribution >= 0.6 is 11.6 Å². The molecule has 0 aliphatic carbocycles. The van der Waals surface area contributed by atoms with Crippen molar-refractivity contribution in [2.45, 2.75) is 26.2 Å². The van der Waals surface area contributed by atoms with Gasteiger partial charge in [0.2, 0.25) is 5.91 Å². The molecule has 3 nitrogen and oxygen atoms in total. The average Bonchev–Trinajstić information content (AvgIpc) is 2.43. The number of halogens is 1. The fourth-order valence-corrected chi connectivity index (χ4v) is 2.32. The number of anilines is 2. The van der Waals surface area contributed by atoms with Crippen LogP contribution < -0.4 is 11.1 Å². The minimum atomic E-state index is -0.0492. The zero-order valence-electron chi connectivity index (χ0n) is 12.2. The van der Waals surface area contributed by atoms with E-state index in [1.54, 1.807) is 6.07 Å². The van der Waals surface area contributed by atoms with Crippen LogP contribution in [0.4, 0.5) is 11.4 Å². The Morgan fingerprint density at radius 1 is 1.24 bits per heavy atom. The van der Waals surface area contributed by atoms with E-state index in [1.807, 2.05) is 50.2 Å². The molecule has 2 rings (SSSR count). The number of hydrogen-bond donors (Lipinski definition) is 2. The molecule has 0 bridgehead atoms. The molecule has 0 aromatic heterocycles. The molecular weight excluding hydrogens is 284 g/mol. The molecule has 1 atom stereocenters. The molecule has 1 unspecified atom stereocenters. The van der Waals surface area contributed by atoms with Crippen LogP contribution in [0.25, 0.3) is 0 Å². The van der Waals surface area contributed by atoms with Gasteiger partial charge in [-0.15, -0.1) is 0 Å². The van der Waals surface area contributed by atoms with Crippen LogP contribution in [0.5, 0.6) is 0 Å². The summed E-state index contributed by atoms with van der Waals surface area (Å²) < 4.78 is 0. The lowest BCUT2D eigenvalue weighted by Crippen LogP contribution is -2.14. The number of aryl methyl sites for hydroxylation is 1. The van der Waals surface area contributed by atoms with Gasteiger partial charge in [0, 0.05) is 12.1 Å². The van der Waals surface area contributed by atoms with Gasteiger partial charge in [-0.2, -0.15) is 0 Å². The Morgan fingerprint density at radius 2 is 1.90 bits per heavy atom. The lowest BCUT2D eigenvalue weighted by atomic mass is 9.97. The molecule has 21 heavy (non-hydrogen) atoms. The summed E-state index contributed by atoms with van der Waals surface area (Å²) in [6.07, 6.45) is 0.397. The van der Waals surface area contributed by atoms with Gasteiger partial charge in [-0.3, -0.25) is 4.79 Å². The highest BCUT2D eigenvalue weighted by Gasteiger charge is 2.12. The van der Waals surface area contributed by atoms with Crippen molar-refractivity contribution < 1.29 is 4.79 Å². The van der Waals surface area contributed by atoms with E-state index in [9.17, 15) is 4.79 Å². The number of rotatable bonds is 4. The minimum Gasteiger partial charge on any atom is -0.399 e. The predicted octanol–water partition coefficient (Wildman–Crippen LogP) is 4.36. The highest BCUT2D eigenvalue weighted by atomic mass is 35.5. The van der Waals surface area contributed by atoms with Crippen molar-refractivity contribution in [3.05, 3.63) is 58.6 Å². The van der Waals surface area contributed by atoms with Gasteiger partial charge >= 0.3 is 0 Å². The van der Waals surface area contributed by atoms with Gasteiger partial charge in [0.25, 0.3) is 0 Å². The quantitative estimate of drug-likeness (QED) is 0.824. The summed E-state index contributed by atoms with van der Waals surface area (Å²) in [5, 5.41) is 3.42. The third-order valence-electron chi connectivity index (χ3n) is 3.39. The molecule has 2 aromatic rings. The highest BCUT2D eigenvalue weighted by Crippen LogP contribution is 2.25. The summed E-state index contributed by atoms with van der Waals surface area (Å²) in [5.41, 5.74) is 9.20. The summed E-state index contributed by atoms with van der Waals surface area (Å²) in [6.45, 7) is 3.98. The van der Waals surface area contributed by atoms with E-state index in [4.69, 9.17) is 17.3 Å². The summed E-state index contributed by atoms with van der Waals surface area (Å²) in [7, 11) is 0. The largest absolute Gasteiger partial charge is 0.399 e. The Morgan fingerprint density at radius 3 is 2.57 bits per heavy atom. The lowest BCUT2D eigenvalue weighted by molar-refractivity contribution is -0.116. The molecule has 0 saturated heterocycles. The first-order chi connectivity index (χ1) is 9.95. The predicted molar refractivity (Wildman–Crippen MR) is 88.7 cm³/mol. The van der Waals surface area contributed by atoms with E-state index in [0.717, 1.165) is 16.8 Å².